The molecule has 3 amide bonds. The van der Waals surface area contributed by atoms with Gasteiger partial charge in [0.05, 0.1) is 12.1 Å². The quantitative estimate of drug-likeness (QED) is 0.926. The molecular weight excluding hydrogens is 306 g/mol. The molecule has 6 heteroatoms. The predicted molar refractivity (Wildman–Crippen MR) is 90.7 cm³/mol. The highest BCUT2D eigenvalue weighted by Crippen LogP contribution is 2.41. The Bertz CT molecular complexity index is 578. The van der Waals surface area contributed by atoms with Crippen LogP contribution < -0.4 is 5.32 Å². The maximum Gasteiger partial charge on any atom is 0.409 e. The van der Waals surface area contributed by atoms with Crippen LogP contribution >= 0.6 is 0 Å². The number of nitrogens with one attached hydrogen (secondary N) is 1. The highest BCUT2D eigenvalue weighted by Gasteiger charge is 2.41. The largest absolute Gasteiger partial charge is 0.450 e. The summed E-state index contributed by atoms with van der Waals surface area (Å²) >= 11 is 0. The average Bonchev–Trinajstić information content (AvgIpc) is 2.59. The molecule has 0 aromatic heterocycles. The van der Waals surface area contributed by atoms with E-state index in [2.05, 4.69) is 17.4 Å². The van der Waals surface area contributed by atoms with Gasteiger partial charge in [0.25, 0.3) is 0 Å². The second kappa shape index (κ2) is 7.11. The Kier molecular flexibility index (Phi) is 4.92. The number of piperazine rings is 1. The molecule has 0 spiro atoms. The molecule has 1 aliphatic carbocycles. The molecule has 1 heterocycles. The Morgan fingerprint density at radius 3 is 2.25 bits per heavy atom. The van der Waals surface area contributed by atoms with Crippen LogP contribution in [0.5, 0.6) is 0 Å². The number of hydrogen-bond donors (Lipinski definition) is 1. The van der Waals surface area contributed by atoms with Gasteiger partial charge in [-0.05, 0) is 31.7 Å². The first-order valence-corrected chi connectivity index (χ1v) is 8.69. The molecule has 1 saturated heterocycles. The molecule has 0 atom stereocenters. The summed E-state index contributed by atoms with van der Waals surface area (Å²) in [6.07, 6.45) is 2.79. The lowest BCUT2D eigenvalue weighted by Gasteiger charge is -2.45. The van der Waals surface area contributed by atoms with Crippen molar-refractivity contribution < 1.29 is 14.3 Å². The maximum absolute atomic E-state index is 12.7. The van der Waals surface area contributed by atoms with Crippen molar-refractivity contribution in [1.29, 1.82) is 0 Å². The van der Waals surface area contributed by atoms with E-state index in [9.17, 15) is 9.59 Å². The number of nitrogens with zero attached hydrogens (tertiary/aromatic N) is 2. The molecule has 2 aliphatic rings. The van der Waals surface area contributed by atoms with E-state index in [1.54, 1.807) is 16.7 Å². The number of rotatable bonds is 3. The Morgan fingerprint density at radius 1 is 1.08 bits per heavy atom. The second-order valence-corrected chi connectivity index (χ2v) is 6.40. The van der Waals surface area contributed by atoms with E-state index in [0.717, 1.165) is 19.3 Å². The molecule has 0 unspecified atom stereocenters. The van der Waals surface area contributed by atoms with E-state index in [1.165, 1.54) is 5.56 Å². The van der Waals surface area contributed by atoms with E-state index < -0.39 is 0 Å². The Morgan fingerprint density at radius 2 is 1.71 bits per heavy atom. The smallest absolute Gasteiger partial charge is 0.409 e. The van der Waals surface area contributed by atoms with E-state index >= 15 is 0 Å². The summed E-state index contributed by atoms with van der Waals surface area (Å²) < 4.78 is 5.01. The molecule has 1 N–H and O–H groups in total. The molecule has 1 aromatic rings. The summed E-state index contributed by atoms with van der Waals surface area (Å²) in [5, 5.41) is 3.24. The second-order valence-electron chi connectivity index (χ2n) is 6.40. The molecule has 6 nitrogen and oxygen atoms in total. The van der Waals surface area contributed by atoms with Gasteiger partial charge in [-0.15, -0.1) is 0 Å². The van der Waals surface area contributed by atoms with Crippen molar-refractivity contribution in [3.8, 4) is 0 Å². The number of ether oxygens (including phenoxy) is 1. The predicted octanol–water partition coefficient (Wildman–Crippen LogP) is 2.55. The molecule has 0 bridgehead atoms. The molecule has 1 aliphatic heterocycles. The van der Waals surface area contributed by atoms with E-state index in [-0.39, 0.29) is 17.7 Å². The normalized spacial score (nSPS) is 19.4. The van der Waals surface area contributed by atoms with Crippen LogP contribution in [0.25, 0.3) is 0 Å². The Hall–Kier alpha value is -2.24. The van der Waals surface area contributed by atoms with E-state index in [4.69, 9.17) is 4.74 Å². The van der Waals surface area contributed by atoms with Crippen LogP contribution in [-0.2, 0) is 10.3 Å². The van der Waals surface area contributed by atoms with Crippen LogP contribution in [0, 0.1) is 0 Å². The summed E-state index contributed by atoms with van der Waals surface area (Å²) in [6, 6.07) is 10.1. The molecule has 3 rings (SSSR count). The zero-order chi connectivity index (χ0) is 17.0. The van der Waals surface area contributed by atoms with Gasteiger partial charge in [-0.1, -0.05) is 30.3 Å². The van der Waals surface area contributed by atoms with Gasteiger partial charge in [0.2, 0.25) is 0 Å². The van der Waals surface area contributed by atoms with Gasteiger partial charge in [0.1, 0.15) is 0 Å². The van der Waals surface area contributed by atoms with Gasteiger partial charge in [-0.3, -0.25) is 0 Å². The fourth-order valence-corrected chi connectivity index (χ4v) is 3.36. The molecule has 1 aromatic carbocycles. The molecular formula is C18H25N3O3. The molecule has 130 valence electrons. The highest BCUT2D eigenvalue weighted by atomic mass is 16.6. The molecule has 0 radical (unpaired) electrons. The van der Waals surface area contributed by atoms with Crippen LogP contribution in [0.4, 0.5) is 9.59 Å². The van der Waals surface area contributed by atoms with Crippen LogP contribution in [0.15, 0.2) is 30.3 Å². The fourth-order valence-electron chi connectivity index (χ4n) is 3.36. The lowest BCUT2D eigenvalue weighted by atomic mass is 9.72. The van der Waals surface area contributed by atoms with Crippen molar-refractivity contribution in [2.24, 2.45) is 0 Å². The van der Waals surface area contributed by atoms with Gasteiger partial charge in [0.15, 0.2) is 0 Å². The van der Waals surface area contributed by atoms with Crippen LogP contribution in [0.2, 0.25) is 0 Å². The maximum atomic E-state index is 12.7. The third-order valence-corrected chi connectivity index (χ3v) is 4.97. The minimum absolute atomic E-state index is 0.0398. The van der Waals surface area contributed by atoms with Crippen molar-refractivity contribution in [2.45, 2.75) is 31.7 Å². The number of amides is 3. The summed E-state index contributed by atoms with van der Waals surface area (Å²) in [5.41, 5.74) is 0.950. The third-order valence-electron chi connectivity index (χ3n) is 4.97. The van der Waals surface area contributed by atoms with Crippen molar-refractivity contribution in [2.75, 3.05) is 32.8 Å². The van der Waals surface area contributed by atoms with Crippen LogP contribution in [0.1, 0.15) is 31.7 Å². The zero-order valence-electron chi connectivity index (χ0n) is 14.2. The topological polar surface area (TPSA) is 61.9 Å². The first-order valence-electron chi connectivity index (χ1n) is 8.69. The summed E-state index contributed by atoms with van der Waals surface area (Å²) in [7, 11) is 0. The van der Waals surface area contributed by atoms with Gasteiger partial charge < -0.3 is 19.9 Å². The van der Waals surface area contributed by atoms with Gasteiger partial charge in [0, 0.05) is 26.2 Å². The van der Waals surface area contributed by atoms with Crippen LogP contribution in [-0.4, -0.2) is 54.7 Å². The number of carbonyl (C=O) groups is 2. The fraction of sp³-hybridized carbons (Fsp3) is 0.556. The SMILES string of the molecule is CCOC(=O)N1CCN(C(=O)NC2(c3ccccc3)CCC2)CC1. The first-order chi connectivity index (χ1) is 11.6. The molecule has 1 saturated carbocycles. The Labute approximate surface area is 142 Å². The summed E-state index contributed by atoms with van der Waals surface area (Å²) in [4.78, 5) is 27.8. The van der Waals surface area contributed by atoms with Gasteiger partial charge in [-0.25, -0.2) is 9.59 Å². The monoisotopic (exact) mass is 331 g/mol. The van der Waals surface area contributed by atoms with Crippen molar-refractivity contribution in [3.63, 3.8) is 0 Å². The number of hydrogen-bond acceptors (Lipinski definition) is 3. The lowest BCUT2D eigenvalue weighted by molar-refractivity contribution is 0.0812. The minimum atomic E-state index is -0.294. The van der Waals surface area contributed by atoms with E-state index in [0.29, 0.717) is 32.8 Å². The standard InChI is InChI=1S/C18H25N3O3/c1-2-24-17(23)21-13-11-20(12-14-21)16(22)19-18(9-6-10-18)15-7-4-3-5-8-15/h3-5,7-8H,2,6,9-14H2,1H3,(H,19,22). The van der Waals surface area contributed by atoms with Gasteiger partial charge >= 0.3 is 12.1 Å². The van der Waals surface area contributed by atoms with Crippen molar-refractivity contribution in [1.82, 2.24) is 15.1 Å². The van der Waals surface area contributed by atoms with E-state index in [1.807, 2.05) is 18.2 Å². The summed E-state index contributed by atoms with van der Waals surface area (Å²) in [5.74, 6) is 0. The first kappa shape index (κ1) is 16.6. The summed E-state index contributed by atoms with van der Waals surface area (Å²) in [6.45, 7) is 4.28. The zero-order valence-corrected chi connectivity index (χ0v) is 14.2. The highest BCUT2D eigenvalue weighted by molar-refractivity contribution is 5.76. The lowest BCUT2D eigenvalue weighted by Crippen LogP contribution is -2.58. The van der Waals surface area contributed by atoms with Gasteiger partial charge in [-0.2, -0.15) is 0 Å². The van der Waals surface area contributed by atoms with Crippen molar-refractivity contribution >= 4 is 12.1 Å². The number of carbonyl (C=O) groups excluding carboxylic acids is 2. The van der Waals surface area contributed by atoms with Crippen LogP contribution in [0.3, 0.4) is 0 Å². The molecule has 24 heavy (non-hydrogen) atoms. The third kappa shape index (κ3) is 3.32. The number of urea groups is 1. The minimum Gasteiger partial charge on any atom is -0.450 e. The average molecular weight is 331 g/mol. The number of benzene rings is 1. The van der Waals surface area contributed by atoms with Crippen molar-refractivity contribution in [3.05, 3.63) is 35.9 Å². The Balaban J connectivity index is 1.57. The molecule has 2 fully saturated rings.